The van der Waals surface area contributed by atoms with Crippen LogP contribution in [0.2, 0.25) is 0 Å². The number of hydrogen-bond acceptors (Lipinski definition) is 4. The van der Waals surface area contributed by atoms with E-state index in [1.165, 1.54) is 13.8 Å². The first kappa shape index (κ1) is 15.9. The molecule has 0 amide bonds. The monoisotopic (exact) mass is 378 g/mol. The molecule has 0 bridgehead atoms. The molecule has 5 heteroatoms. The SMILES string of the molecule is CC(=O)OI(OC(C)=O)c1c(C)c(C)cc(C)c1C. The van der Waals surface area contributed by atoms with Gasteiger partial charge in [-0.2, -0.15) is 0 Å². The van der Waals surface area contributed by atoms with Crippen molar-refractivity contribution in [1.29, 1.82) is 0 Å². The van der Waals surface area contributed by atoms with Crippen LogP contribution in [0.5, 0.6) is 0 Å². The maximum atomic E-state index is 11.2. The Labute approximate surface area is 122 Å². The van der Waals surface area contributed by atoms with Gasteiger partial charge in [0.2, 0.25) is 0 Å². The molecule has 19 heavy (non-hydrogen) atoms. The normalized spacial score (nSPS) is 10.9. The van der Waals surface area contributed by atoms with Crippen LogP contribution in [0, 0.1) is 31.3 Å². The van der Waals surface area contributed by atoms with Crippen LogP contribution in [0.15, 0.2) is 6.07 Å². The third kappa shape index (κ3) is 3.92. The Morgan fingerprint density at radius 3 is 1.58 bits per heavy atom. The minimum atomic E-state index is -2.74. The number of benzene rings is 1. The zero-order valence-corrected chi connectivity index (χ0v) is 14.2. The summed E-state index contributed by atoms with van der Waals surface area (Å²) >= 11 is -2.74. The Morgan fingerprint density at radius 2 is 1.26 bits per heavy atom. The van der Waals surface area contributed by atoms with Gasteiger partial charge >= 0.3 is 122 Å². The van der Waals surface area contributed by atoms with Gasteiger partial charge in [0.1, 0.15) is 0 Å². The standard InChI is InChI=1S/C14H19IO4/c1-8-7-9(2)11(4)14(10(8)3)15(18-12(5)16)19-13(6)17/h7H,1-6H3. The van der Waals surface area contributed by atoms with E-state index in [0.717, 1.165) is 25.8 Å². The van der Waals surface area contributed by atoms with E-state index in [1.807, 2.05) is 27.7 Å². The molecule has 0 saturated heterocycles. The summed E-state index contributed by atoms with van der Waals surface area (Å²) in [7, 11) is 0. The number of rotatable bonds is 3. The van der Waals surface area contributed by atoms with E-state index < -0.39 is 32.6 Å². The summed E-state index contributed by atoms with van der Waals surface area (Å²) in [6.45, 7) is 10.6. The molecule has 0 atom stereocenters. The molecule has 1 aromatic carbocycles. The Balaban J connectivity index is 3.36. The molecule has 0 spiro atoms. The zero-order chi connectivity index (χ0) is 14.7. The summed E-state index contributed by atoms with van der Waals surface area (Å²) in [5, 5.41) is 0. The molecular weight excluding hydrogens is 359 g/mol. The van der Waals surface area contributed by atoms with E-state index >= 15 is 0 Å². The van der Waals surface area contributed by atoms with Crippen molar-refractivity contribution in [2.24, 2.45) is 0 Å². The molecule has 0 radical (unpaired) electrons. The van der Waals surface area contributed by atoms with Gasteiger partial charge in [0.15, 0.2) is 0 Å². The van der Waals surface area contributed by atoms with Crippen molar-refractivity contribution in [3.63, 3.8) is 0 Å². The molecule has 1 aromatic rings. The van der Waals surface area contributed by atoms with Crippen molar-refractivity contribution in [2.45, 2.75) is 41.5 Å². The van der Waals surface area contributed by atoms with Crippen LogP contribution in [0.3, 0.4) is 0 Å². The molecule has 0 aliphatic rings. The first-order valence-corrected chi connectivity index (χ1v) is 8.73. The van der Waals surface area contributed by atoms with Gasteiger partial charge in [0, 0.05) is 0 Å². The van der Waals surface area contributed by atoms with Crippen molar-refractivity contribution in [3.05, 3.63) is 31.9 Å². The number of aryl methyl sites for hydroxylation is 2. The van der Waals surface area contributed by atoms with Crippen LogP contribution >= 0.6 is 20.6 Å². The average Bonchev–Trinajstić information content (AvgIpc) is 2.25. The van der Waals surface area contributed by atoms with E-state index in [4.69, 9.17) is 6.13 Å². The Hall–Kier alpha value is -1.11. The summed E-state index contributed by atoms with van der Waals surface area (Å²) in [6, 6.07) is 2.09. The number of hydrogen-bond donors (Lipinski definition) is 0. The Kier molecular flexibility index (Phi) is 5.34. The van der Waals surface area contributed by atoms with Crippen LogP contribution in [0.25, 0.3) is 0 Å². The van der Waals surface area contributed by atoms with E-state index in [9.17, 15) is 9.59 Å². The third-order valence-corrected chi connectivity index (χ3v) is 7.33. The number of halogens is 1. The van der Waals surface area contributed by atoms with Gasteiger partial charge in [-0.3, -0.25) is 0 Å². The summed E-state index contributed by atoms with van der Waals surface area (Å²) < 4.78 is 11.5. The van der Waals surface area contributed by atoms with Crippen molar-refractivity contribution in [2.75, 3.05) is 0 Å². The van der Waals surface area contributed by atoms with Crippen molar-refractivity contribution >= 4 is 32.6 Å². The maximum absolute atomic E-state index is 11.2. The second-order valence-electron chi connectivity index (χ2n) is 4.43. The fourth-order valence-corrected chi connectivity index (χ4v) is 5.52. The molecule has 0 unspecified atom stereocenters. The van der Waals surface area contributed by atoms with E-state index in [2.05, 4.69) is 6.07 Å². The third-order valence-electron chi connectivity index (χ3n) is 2.79. The number of carbonyl (C=O) groups is 2. The Morgan fingerprint density at radius 1 is 0.895 bits per heavy atom. The van der Waals surface area contributed by atoms with Gasteiger partial charge in [0.25, 0.3) is 0 Å². The van der Waals surface area contributed by atoms with E-state index in [1.54, 1.807) is 0 Å². The molecule has 0 aliphatic carbocycles. The second-order valence-corrected chi connectivity index (χ2v) is 7.63. The van der Waals surface area contributed by atoms with E-state index in [0.29, 0.717) is 0 Å². The summed E-state index contributed by atoms with van der Waals surface area (Å²) in [4.78, 5) is 22.5. The van der Waals surface area contributed by atoms with Crippen LogP contribution in [0.4, 0.5) is 0 Å². The van der Waals surface area contributed by atoms with Crippen LogP contribution < -0.4 is 0 Å². The minimum absolute atomic E-state index is 0.413. The molecule has 4 nitrogen and oxygen atoms in total. The molecule has 0 N–H and O–H groups in total. The van der Waals surface area contributed by atoms with Gasteiger partial charge in [-0.1, -0.05) is 0 Å². The van der Waals surface area contributed by atoms with Crippen molar-refractivity contribution < 1.29 is 15.7 Å². The van der Waals surface area contributed by atoms with Crippen molar-refractivity contribution in [3.8, 4) is 0 Å². The van der Waals surface area contributed by atoms with Gasteiger partial charge < -0.3 is 0 Å². The predicted molar refractivity (Wildman–Crippen MR) is 81.6 cm³/mol. The molecule has 1 rings (SSSR count). The summed E-state index contributed by atoms with van der Waals surface area (Å²) in [5.41, 5.74) is 4.30. The van der Waals surface area contributed by atoms with Gasteiger partial charge in [-0.05, 0) is 0 Å². The molecule has 0 fully saturated rings. The van der Waals surface area contributed by atoms with Crippen molar-refractivity contribution in [1.82, 2.24) is 0 Å². The van der Waals surface area contributed by atoms with Crippen LogP contribution in [-0.4, -0.2) is 11.9 Å². The molecule has 0 aromatic heterocycles. The van der Waals surface area contributed by atoms with Gasteiger partial charge in [-0.25, -0.2) is 0 Å². The molecule has 0 saturated carbocycles. The first-order valence-electron chi connectivity index (χ1n) is 5.89. The molecule has 0 aliphatic heterocycles. The zero-order valence-electron chi connectivity index (χ0n) is 12.1. The fraction of sp³-hybridized carbons (Fsp3) is 0.429. The summed E-state index contributed by atoms with van der Waals surface area (Å²) in [6.07, 6.45) is 0. The fourth-order valence-electron chi connectivity index (χ4n) is 1.69. The predicted octanol–water partition coefficient (Wildman–Crippen LogP) is 3.55. The quantitative estimate of drug-likeness (QED) is 0.755. The van der Waals surface area contributed by atoms with Crippen LogP contribution in [0.1, 0.15) is 36.1 Å². The molecule has 0 heterocycles. The van der Waals surface area contributed by atoms with Crippen LogP contribution in [-0.2, 0) is 15.7 Å². The summed E-state index contributed by atoms with van der Waals surface area (Å²) in [5.74, 6) is -0.825. The van der Waals surface area contributed by atoms with Gasteiger partial charge in [-0.15, -0.1) is 0 Å². The second kappa shape index (κ2) is 6.36. The van der Waals surface area contributed by atoms with E-state index in [-0.39, 0.29) is 0 Å². The topological polar surface area (TPSA) is 52.6 Å². The number of carbonyl (C=O) groups excluding carboxylic acids is 2. The van der Waals surface area contributed by atoms with Gasteiger partial charge in [0.05, 0.1) is 0 Å². The molecular formula is C14H19IO4. The first-order chi connectivity index (χ1) is 8.73. The average molecular weight is 378 g/mol. The Bertz CT molecular complexity index is 480. The molecule has 106 valence electrons.